The van der Waals surface area contributed by atoms with Gasteiger partial charge in [-0.2, -0.15) is 0 Å². The fourth-order valence-corrected chi connectivity index (χ4v) is 5.21. The maximum atomic E-state index is 5.96. The number of rotatable bonds is 4. The SMILES string of the molecule is CCNC(=NCC1C2Cc3ccccc3C12)NC1CC2CCC1O2. The smallest absolute Gasteiger partial charge is 0.191 e. The second-order valence-electron chi connectivity index (χ2n) is 7.84. The molecule has 1 saturated carbocycles. The number of nitrogens with one attached hydrogen (secondary N) is 2. The number of hydrogen-bond donors (Lipinski definition) is 2. The summed E-state index contributed by atoms with van der Waals surface area (Å²) in [5.74, 6) is 3.32. The molecule has 1 aromatic rings. The lowest BCUT2D eigenvalue weighted by Gasteiger charge is -2.22. The molecule has 4 aliphatic rings. The molecule has 24 heavy (non-hydrogen) atoms. The summed E-state index contributed by atoms with van der Waals surface area (Å²) in [6, 6.07) is 9.41. The van der Waals surface area contributed by atoms with Gasteiger partial charge in [0, 0.05) is 13.1 Å². The summed E-state index contributed by atoms with van der Waals surface area (Å²) >= 11 is 0. The topological polar surface area (TPSA) is 45.7 Å². The van der Waals surface area contributed by atoms with Crippen molar-refractivity contribution in [1.82, 2.24) is 10.6 Å². The molecule has 4 nitrogen and oxygen atoms in total. The van der Waals surface area contributed by atoms with E-state index in [0.29, 0.717) is 18.2 Å². The monoisotopic (exact) mass is 325 g/mol. The molecule has 4 heteroatoms. The average Bonchev–Trinajstić information content (AvgIpc) is 2.99. The van der Waals surface area contributed by atoms with E-state index in [2.05, 4.69) is 41.8 Å². The molecule has 0 aromatic heterocycles. The first-order chi connectivity index (χ1) is 11.8. The Morgan fingerprint density at radius 1 is 1.29 bits per heavy atom. The van der Waals surface area contributed by atoms with Crippen LogP contribution in [0.1, 0.15) is 43.2 Å². The van der Waals surface area contributed by atoms with Gasteiger partial charge in [0.2, 0.25) is 0 Å². The summed E-state index contributed by atoms with van der Waals surface area (Å²) in [6.07, 6.45) is 5.70. The molecule has 2 aliphatic carbocycles. The molecular formula is C20H27N3O. The van der Waals surface area contributed by atoms with Crippen molar-refractivity contribution >= 4 is 5.96 Å². The Balaban J connectivity index is 1.22. The zero-order chi connectivity index (χ0) is 16.1. The van der Waals surface area contributed by atoms with Crippen molar-refractivity contribution in [3.63, 3.8) is 0 Å². The van der Waals surface area contributed by atoms with Crippen LogP contribution in [0.4, 0.5) is 0 Å². The second-order valence-corrected chi connectivity index (χ2v) is 7.84. The van der Waals surface area contributed by atoms with Crippen LogP contribution in [0.2, 0.25) is 0 Å². The van der Waals surface area contributed by atoms with Gasteiger partial charge in [0.15, 0.2) is 5.96 Å². The van der Waals surface area contributed by atoms with E-state index in [1.165, 1.54) is 19.3 Å². The molecule has 0 amide bonds. The van der Waals surface area contributed by atoms with E-state index >= 15 is 0 Å². The first-order valence-electron chi connectivity index (χ1n) is 9.61. The number of ether oxygens (including phenoxy) is 1. The minimum Gasteiger partial charge on any atom is -0.373 e. The van der Waals surface area contributed by atoms with E-state index in [1.54, 1.807) is 11.1 Å². The lowest BCUT2D eigenvalue weighted by atomic mass is 9.96. The maximum absolute atomic E-state index is 5.96. The number of guanidine groups is 1. The number of aliphatic imine (C=N–C) groups is 1. The third-order valence-corrected chi connectivity index (χ3v) is 6.43. The Hall–Kier alpha value is -1.55. The van der Waals surface area contributed by atoms with Crippen molar-refractivity contribution in [1.29, 1.82) is 0 Å². The molecule has 2 bridgehead atoms. The largest absolute Gasteiger partial charge is 0.373 e. The number of nitrogens with zero attached hydrogens (tertiary/aromatic N) is 1. The van der Waals surface area contributed by atoms with Crippen LogP contribution >= 0.6 is 0 Å². The molecule has 3 fully saturated rings. The molecule has 6 atom stereocenters. The van der Waals surface area contributed by atoms with Crippen LogP contribution in [0.3, 0.4) is 0 Å². The highest BCUT2D eigenvalue weighted by Crippen LogP contribution is 2.61. The fourth-order valence-electron chi connectivity index (χ4n) is 5.21. The molecule has 2 heterocycles. The molecule has 6 unspecified atom stereocenters. The van der Waals surface area contributed by atoms with Gasteiger partial charge in [-0.3, -0.25) is 4.99 Å². The molecule has 0 radical (unpaired) electrons. The molecule has 128 valence electrons. The van der Waals surface area contributed by atoms with Gasteiger partial charge in [-0.25, -0.2) is 0 Å². The van der Waals surface area contributed by atoms with Gasteiger partial charge in [0.05, 0.1) is 18.2 Å². The van der Waals surface area contributed by atoms with Gasteiger partial charge >= 0.3 is 0 Å². The van der Waals surface area contributed by atoms with E-state index < -0.39 is 0 Å². The molecule has 0 spiro atoms. The third-order valence-electron chi connectivity index (χ3n) is 6.43. The summed E-state index contributed by atoms with van der Waals surface area (Å²) in [7, 11) is 0. The Kier molecular flexibility index (Phi) is 3.55. The van der Waals surface area contributed by atoms with Gasteiger partial charge in [-0.05, 0) is 61.5 Å². The predicted octanol–water partition coefficient (Wildman–Crippen LogP) is 2.45. The lowest BCUT2D eigenvalue weighted by Crippen LogP contribution is -2.47. The van der Waals surface area contributed by atoms with Crippen molar-refractivity contribution in [3.8, 4) is 0 Å². The summed E-state index contributed by atoms with van der Waals surface area (Å²) in [6.45, 7) is 3.99. The van der Waals surface area contributed by atoms with Crippen LogP contribution in [-0.2, 0) is 11.2 Å². The number of fused-ring (bicyclic) bond motifs is 5. The average molecular weight is 325 g/mol. The Labute approximate surface area is 144 Å². The van der Waals surface area contributed by atoms with Crippen molar-refractivity contribution < 1.29 is 4.74 Å². The van der Waals surface area contributed by atoms with Crippen LogP contribution in [0.15, 0.2) is 29.3 Å². The number of benzene rings is 1. The van der Waals surface area contributed by atoms with Crippen molar-refractivity contribution in [2.45, 2.75) is 56.8 Å². The highest BCUT2D eigenvalue weighted by atomic mass is 16.5. The van der Waals surface area contributed by atoms with Crippen molar-refractivity contribution in [3.05, 3.63) is 35.4 Å². The van der Waals surface area contributed by atoms with Crippen molar-refractivity contribution in [2.24, 2.45) is 16.8 Å². The quantitative estimate of drug-likeness (QED) is 0.660. The molecular weight excluding hydrogens is 298 g/mol. The van der Waals surface area contributed by atoms with E-state index in [1.807, 2.05) is 0 Å². The van der Waals surface area contributed by atoms with E-state index in [0.717, 1.165) is 43.2 Å². The Bertz CT molecular complexity index is 658. The van der Waals surface area contributed by atoms with Crippen LogP contribution < -0.4 is 10.6 Å². The highest BCUT2D eigenvalue weighted by molar-refractivity contribution is 5.80. The lowest BCUT2D eigenvalue weighted by molar-refractivity contribution is 0.0992. The van der Waals surface area contributed by atoms with Crippen LogP contribution in [0, 0.1) is 11.8 Å². The van der Waals surface area contributed by atoms with E-state index in [4.69, 9.17) is 9.73 Å². The van der Waals surface area contributed by atoms with E-state index in [-0.39, 0.29) is 0 Å². The normalized spacial score (nSPS) is 38.8. The van der Waals surface area contributed by atoms with Gasteiger partial charge in [0.1, 0.15) is 0 Å². The summed E-state index contributed by atoms with van der Waals surface area (Å²) < 4.78 is 5.96. The minimum atomic E-state index is 0.394. The van der Waals surface area contributed by atoms with Gasteiger partial charge in [0.25, 0.3) is 0 Å². The fraction of sp³-hybridized carbons (Fsp3) is 0.650. The Morgan fingerprint density at radius 3 is 3.00 bits per heavy atom. The van der Waals surface area contributed by atoms with Crippen LogP contribution in [0.5, 0.6) is 0 Å². The van der Waals surface area contributed by atoms with Crippen molar-refractivity contribution in [2.75, 3.05) is 13.1 Å². The van der Waals surface area contributed by atoms with Gasteiger partial charge in [-0.15, -0.1) is 0 Å². The molecule has 2 N–H and O–H groups in total. The Morgan fingerprint density at radius 2 is 2.21 bits per heavy atom. The molecule has 2 saturated heterocycles. The number of hydrogen-bond acceptors (Lipinski definition) is 2. The first kappa shape index (κ1) is 14.8. The zero-order valence-corrected chi connectivity index (χ0v) is 14.4. The van der Waals surface area contributed by atoms with Gasteiger partial charge in [-0.1, -0.05) is 24.3 Å². The van der Waals surface area contributed by atoms with Crippen LogP contribution in [0.25, 0.3) is 0 Å². The third kappa shape index (κ3) is 2.43. The summed E-state index contributed by atoms with van der Waals surface area (Å²) in [5, 5.41) is 7.05. The van der Waals surface area contributed by atoms with E-state index in [9.17, 15) is 0 Å². The van der Waals surface area contributed by atoms with Gasteiger partial charge < -0.3 is 15.4 Å². The highest BCUT2D eigenvalue weighted by Gasteiger charge is 2.55. The molecule has 1 aromatic carbocycles. The maximum Gasteiger partial charge on any atom is 0.191 e. The standard InChI is InChI=1S/C20H27N3O/c1-2-21-20(23-17-10-13-7-8-18(17)24-13)22-11-16-15-9-12-5-3-4-6-14(12)19(15)16/h3-6,13,15-19H,2,7-11H2,1H3,(H2,21,22,23). The minimum absolute atomic E-state index is 0.394. The molecule has 2 aliphatic heterocycles. The first-order valence-corrected chi connectivity index (χ1v) is 9.61. The summed E-state index contributed by atoms with van der Waals surface area (Å²) in [4.78, 5) is 4.92. The predicted molar refractivity (Wildman–Crippen MR) is 95.3 cm³/mol. The summed E-state index contributed by atoms with van der Waals surface area (Å²) in [5.41, 5.74) is 3.15. The zero-order valence-electron chi connectivity index (χ0n) is 14.4. The second kappa shape index (κ2) is 5.76. The molecule has 5 rings (SSSR count). The van der Waals surface area contributed by atoms with Crippen LogP contribution in [-0.4, -0.2) is 37.3 Å².